The lowest BCUT2D eigenvalue weighted by atomic mass is 10.0. The number of para-hydroxylation sites is 4. The van der Waals surface area contributed by atoms with Gasteiger partial charge in [-0.25, -0.2) is 9.97 Å². The summed E-state index contributed by atoms with van der Waals surface area (Å²) in [6.45, 7) is 0. The summed E-state index contributed by atoms with van der Waals surface area (Å²) in [5.74, 6) is 0.948. The number of nitrogens with zero attached hydrogens (tertiary/aromatic N) is 4. The van der Waals surface area contributed by atoms with Gasteiger partial charge in [-0.2, -0.15) is 0 Å². The van der Waals surface area contributed by atoms with Gasteiger partial charge in [-0.3, -0.25) is 9.13 Å². The lowest BCUT2D eigenvalue weighted by molar-refractivity contribution is 1.09. The van der Waals surface area contributed by atoms with Crippen LogP contribution in [-0.2, 0) is 6.42 Å². The average molecular weight is 527 g/mol. The van der Waals surface area contributed by atoms with Crippen molar-refractivity contribution in [2.45, 2.75) is 6.42 Å². The maximum absolute atomic E-state index is 5.07. The van der Waals surface area contributed by atoms with E-state index in [9.17, 15) is 0 Å². The Hall–Kier alpha value is -5.48. The van der Waals surface area contributed by atoms with E-state index in [-0.39, 0.29) is 0 Å². The normalized spacial score (nSPS) is 11.5. The highest BCUT2D eigenvalue weighted by Crippen LogP contribution is 2.32. The van der Waals surface area contributed by atoms with Crippen LogP contribution < -0.4 is 0 Å². The second-order valence-electron chi connectivity index (χ2n) is 10.4. The predicted octanol–water partition coefficient (Wildman–Crippen LogP) is 8.78. The number of benzene rings is 5. The molecule has 0 fully saturated rings. The molecule has 0 aliphatic heterocycles. The van der Waals surface area contributed by atoms with Gasteiger partial charge in [0.2, 0.25) is 0 Å². The van der Waals surface area contributed by atoms with Gasteiger partial charge in [0.1, 0.15) is 11.5 Å². The van der Waals surface area contributed by atoms with Crippen LogP contribution in [0.1, 0.15) is 11.1 Å². The highest BCUT2D eigenvalue weighted by Gasteiger charge is 2.15. The fourth-order valence-corrected chi connectivity index (χ4v) is 5.98. The quantitative estimate of drug-likeness (QED) is 0.225. The molecule has 4 heteroatoms. The molecule has 8 aromatic rings. The zero-order valence-electron chi connectivity index (χ0n) is 22.4. The van der Waals surface area contributed by atoms with Crippen LogP contribution in [-0.4, -0.2) is 19.1 Å². The minimum Gasteiger partial charge on any atom is -0.294 e. The summed E-state index contributed by atoms with van der Waals surface area (Å²) in [4.78, 5) is 9.82. The number of aromatic nitrogens is 4. The van der Waals surface area contributed by atoms with E-state index in [1.54, 1.807) is 0 Å². The van der Waals surface area contributed by atoms with E-state index in [0.29, 0.717) is 0 Å². The van der Waals surface area contributed by atoms with Crippen molar-refractivity contribution < 1.29 is 0 Å². The molecule has 3 aromatic heterocycles. The van der Waals surface area contributed by atoms with E-state index in [2.05, 4.69) is 130 Å². The summed E-state index contributed by atoms with van der Waals surface area (Å²) >= 11 is 0. The van der Waals surface area contributed by atoms with Crippen LogP contribution in [0.15, 0.2) is 146 Å². The third-order valence-electron chi connectivity index (χ3n) is 7.77. The molecule has 0 spiro atoms. The highest BCUT2D eigenvalue weighted by atomic mass is 15.1. The monoisotopic (exact) mass is 526 g/mol. The molecule has 0 amide bonds. The van der Waals surface area contributed by atoms with E-state index in [4.69, 9.17) is 9.97 Å². The van der Waals surface area contributed by atoms with Crippen LogP contribution in [0.25, 0.3) is 55.7 Å². The first-order valence-corrected chi connectivity index (χ1v) is 13.9. The summed E-state index contributed by atoms with van der Waals surface area (Å²) in [6.07, 6.45) is 2.69. The second kappa shape index (κ2) is 9.61. The van der Waals surface area contributed by atoms with Crippen LogP contribution in [0.4, 0.5) is 0 Å². The van der Waals surface area contributed by atoms with Crippen LogP contribution in [0.3, 0.4) is 0 Å². The second-order valence-corrected chi connectivity index (χ2v) is 10.4. The minimum atomic E-state index is 0.817. The maximum atomic E-state index is 5.07. The fraction of sp³-hybridized carbons (Fsp3) is 0.0270. The van der Waals surface area contributed by atoms with E-state index in [1.807, 2.05) is 24.4 Å². The van der Waals surface area contributed by atoms with Gasteiger partial charge in [0, 0.05) is 33.9 Å². The molecule has 5 aromatic carbocycles. The Labute approximate surface area is 237 Å². The lowest BCUT2D eigenvalue weighted by Gasteiger charge is -2.12. The van der Waals surface area contributed by atoms with Gasteiger partial charge < -0.3 is 0 Å². The molecule has 0 atom stereocenters. The van der Waals surface area contributed by atoms with Crippen molar-refractivity contribution in [1.29, 1.82) is 0 Å². The molecule has 0 aliphatic carbocycles. The zero-order valence-corrected chi connectivity index (χ0v) is 22.4. The molecule has 3 heterocycles. The van der Waals surface area contributed by atoms with Crippen molar-refractivity contribution in [3.05, 3.63) is 157 Å². The van der Waals surface area contributed by atoms with Crippen LogP contribution >= 0.6 is 0 Å². The molecule has 0 saturated heterocycles. The van der Waals surface area contributed by atoms with E-state index >= 15 is 0 Å². The SMILES string of the molecule is c1ccc(-n2c(-c3cccc(Cc4cccc(-n5c6ccccc6c6cccnc65)c4)c3)nc3ccccc32)cc1. The van der Waals surface area contributed by atoms with Crippen molar-refractivity contribution in [3.63, 3.8) is 0 Å². The molecule has 8 rings (SSSR count). The van der Waals surface area contributed by atoms with Crippen molar-refractivity contribution >= 4 is 33.0 Å². The van der Waals surface area contributed by atoms with Crippen molar-refractivity contribution in [2.75, 3.05) is 0 Å². The molecule has 0 aliphatic rings. The van der Waals surface area contributed by atoms with Crippen LogP contribution in [0.5, 0.6) is 0 Å². The molecule has 194 valence electrons. The topological polar surface area (TPSA) is 35.6 Å². The Morgan fingerprint density at radius 1 is 0.512 bits per heavy atom. The first kappa shape index (κ1) is 23.4. The van der Waals surface area contributed by atoms with Gasteiger partial charge in [0.05, 0.1) is 16.6 Å². The summed E-state index contributed by atoms with van der Waals surface area (Å²) in [5.41, 5.74) is 10.1. The number of pyridine rings is 1. The minimum absolute atomic E-state index is 0.817. The number of rotatable bonds is 5. The molecular formula is C37H26N4. The van der Waals surface area contributed by atoms with Gasteiger partial charge in [-0.05, 0) is 78.2 Å². The Balaban J connectivity index is 1.20. The Morgan fingerprint density at radius 2 is 1.22 bits per heavy atom. The van der Waals surface area contributed by atoms with Gasteiger partial charge in [0.25, 0.3) is 0 Å². The third kappa shape index (κ3) is 4.00. The number of imidazole rings is 1. The van der Waals surface area contributed by atoms with Crippen LogP contribution in [0.2, 0.25) is 0 Å². The third-order valence-corrected chi connectivity index (χ3v) is 7.77. The molecule has 0 saturated carbocycles. The summed E-state index contributed by atoms with van der Waals surface area (Å²) < 4.78 is 4.52. The zero-order chi connectivity index (χ0) is 27.2. The van der Waals surface area contributed by atoms with E-state index in [1.165, 1.54) is 27.4 Å². The molecule has 4 nitrogen and oxygen atoms in total. The van der Waals surface area contributed by atoms with Gasteiger partial charge >= 0.3 is 0 Å². The highest BCUT2D eigenvalue weighted by molar-refractivity contribution is 6.07. The lowest BCUT2D eigenvalue weighted by Crippen LogP contribution is -1.99. The Bertz CT molecular complexity index is 2130. The molecule has 0 unspecified atom stereocenters. The van der Waals surface area contributed by atoms with Crippen LogP contribution in [0, 0.1) is 0 Å². The molecule has 0 radical (unpaired) electrons. The average Bonchev–Trinajstić information content (AvgIpc) is 3.58. The standard InChI is InChI=1S/C37H26N4/c1-2-14-29(15-3-1)40-35-21-7-5-19-33(35)39-36(40)28-13-8-11-26(24-28)23-27-12-9-16-30(25-27)41-34-20-6-4-17-31(34)32-18-10-22-38-37(32)41/h1-22,24-25H,23H2. The molecule has 0 N–H and O–H groups in total. The van der Waals surface area contributed by atoms with Crippen molar-refractivity contribution in [2.24, 2.45) is 0 Å². The molecule has 41 heavy (non-hydrogen) atoms. The molecule has 0 bridgehead atoms. The Morgan fingerprint density at radius 3 is 2.12 bits per heavy atom. The van der Waals surface area contributed by atoms with Gasteiger partial charge in [0.15, 0.2) is 0 Å². The van der Waals surface area contributed by atoms with Crippen molar-refractivity contribution in [3.8, 4) is 22.8 Å². The summed E-state index contributed by atoms with van der Waals surface area (Å²) in [5, 5.41) is 2.39. The fourth-order valence-electron chi connectivity index (χ4n) is 5.98. The van der Waals surface area contributed by atoms with Gasteiger partial charge in [-0.1, -0.05) is 78.9 Å². The summed E-state index contributed by atoms with van der Waals surface area (Å²) in [6, 6.07) is 49.1. The first-order chi connectivity index (χ1) is 20.3. The number of hydrogen-bond acceptors (Lipinski definition) is 2. The maximum Gasteiger partial charge on any atom is 0.145 e. The number of fused-ring (bicyclic) bond motifs is 4. The number of hydrogen-bond donors (Lipinski definition) is 0. The first-order valence-electron chi connectivity index (χ1n) is 13.9. The predicted molar refractivity (Wildman–Crippen MR) is 168 cm³/mol. The van der Waals surface area contributed by atoms with Gasteiger partial charge in [-0.15, -0.1) is 0 Å². The van der Waals surface area contributed by atoms with E-state index < -0.39 is 0 Å². The van der Waals surface area contributed by atoms with E-state index in [0.717, 1.165) is 45.9 Å². The molecular weight excluding hydrogens is 500 g/mol. The van der Waals surface area contributed by atoms with Crippen molar-refractivity contribution in [1.82, 2.24) is 19.1 Å². The smallest absolute Gasteiger partial charge is 0.145 e. The largest absolute Gasteiger partial charge is 0.294 e. The Kier molecular flexibility index (Phi) is 5.49. The summed E-state index contributed by atoms with van der Waals surface area (Å²) in [7, 11) is 0.